The third kappa shape index (κ3) is 9.41. The number of aliphatic carboxylic acids is 1. The number of hydrogen-bond donors (Lipinski definition) is 3. The van der Waals surface area contributed by atoms with Crippen molar-refractivity contribution in [3.8, 4) is 33.8 Å². The first-order valence-corrected chi connectivity index (χ1v) is 20.6. The van der Waals surface area contributed by atoms with Gasteiger partial charge >= 0.3 is 5.97 Å². The summed E-state index contributed by atoms with van der Waals surface area (Å²) >= 11 is 14.2. The van der Waals surface area contributed by atoms with Crippen LogP contribution >= 0.6 is 23.2 Å². The Labute approximate surface area is 344 Å². The molecule has 1 saturated carbocycles. The summed E-state index contributed by atoms with van der Waals surface area (Å²) in [4.78, 5) is 25.3. The van der Waals surface area contributed by atoms with Crippen LogP contribution in [0.15, 0.2) is 72.9 Å². The molecular formula is C45H51Cl2N5O5. The molecule has 1 saturated heterocycles. The minimum Gasteiger partial charge on any atom is -0.496 e. The number of amides is 1. The molecule has 10 nitrogen and oxygen atoms in total. The molecule has 1 aliphatic carbocycles. The van der Waals surface area contributed by atoms with E-state index in [0.717, 1.165) is 99.9 Å². The van der Waals surface area contributed by atoms with E-state index < -0.39 is 5.97 Å². The summed E-state index contributed by atoms with van der Waals surface area (Å²) < 4.78 is 13.7. The maximum Gasteiger partial charge on any atom is 0.303 e. The van der Waals surface area contributed by atoms with Crippen molar-refractivity contribution in [2.45, 2.75) is 83.1 Å². The normalized spacial score (nSPS) is 18.5. The molecule has 5 aromatic rings. The van der Waals surface area contributed by atoms with Gasteiger partial charge in [-0.05, 0) is 92.4 Å². The number of nitrogens with zero attached hydrogens (tertiary/aromatic N) is 3. The number of halogens is 2. The van der Waals surface area contributed by atoms with Crippen LogP contribution in [0.2, 0.25) is 10.0 Å². The number of fused-ring (bicyclic) bond motifs is 1. The van der Waals surface area contributed by atoms with E-state index in [2.05, 4.69) is 46.8 Å². The Morgan fingerprint density at radius 2 is 1.67 bits per heavy atom. The monoisotopic (exact) mass is 811 g/mol. The zero-order chi connectivity index (χ0) is 40.1. The Morgan fingerprint density at radius 1 is 0.930 bits per heavy atom. The molecule has 1 amide bonds. The average Bonchev–Trinajstić information content (AvgIpc) is 3.62. The second kappa shape index (κ2) is 18.3. The fourth-order valence-corrected chi connectivity index (χ4v) is 9.15. The van der Waals surface area contributed by atoms with E-state index in [1.807, 2.05) is 53.3 Å². The Balaban J connectivity index is 1.07. The van der Waals surface area contributed by atoms with Gasteiger partial charge in [0.1, 0.15) is 11.5 Å². The predicted octanol–water partition coefficient (Wildman–Crippen LogP) is 8.97. The zero-order valence-corrected chi connectivity index (χ0v) is 34.3. The van der Waals surface area contributed by atoms with Gasteiger partial charge in [-0.25, -0.2) is 0 Å². The molecule has 2 aliphatic rings. The Bertz CT molecular complexity index is 2230. The third-order valence-corrected chi connectivity index (χ3v) is 12.5. The average molecular weight is 813 g/mol. The lowest BCUT2D eigenvalue weighted by Crippen LogP contribution is -2.44. The largest absolute Gasteiger partial charge is 0.496 e. The second-order valence-electron chi connectivity index (χ2n) is 15.5. The van der Waals surface area contributed by atoms with Crippen LogP contribution in [0.4, 0.5) is 0 Å². The lowest BCUT2D eigenvalue weighted by atomic mass is 9.83. The highest BCUT2D eigenvalue weighted by atomic mass is 35.5. The third-order valence-electron chi connectivity index (χ3n) is 11.7. The second-order valence-corrected chi connectivity index (χ2v) is 16.3. The van der Waals surface area contributed by atoms with E-state index in [1.54, 1.807) is 14.2 Å². The Morgan fingerprint density at radius 3 is 2.42 bits per heavy atom. The van der Waals surface area contributed by atoms with Gasteiger partial charge in [-0.15, -0.1) is 0 Å². The number of aromatic nitrogens is 2. The molecule has 3 N–H and O–H groups in total. The molecule has 0 spiro atoms. The standard InChI is InChI=1S/C45H51Cl2N5O5/c1-51(34-17-13-28(14-18-34)19-44(54)55)26-32-20-39(46)31(22-42(32)57-3)27-52-40-11-6-9-36(38(40)25-49-52)37-10-5-8-35(45(37)47)29-15-16-30(41(21-29)56-2)23-48-24-33-7-4-12-43(53)50-33/h5-6,8-11,15-16,20-22,25,28,33-34,48H,4,7,12-14,17-19,23-24,26-27H2,1-3H3,(H,50,53)(H,54,55)/t28?,33-,34?/m0/s1. The molecule has 1 aromatic heterocycles. The van der Waals surface area contributed by atoms with Crippen molar-refractivity contribution >= 4 is 46.0 Å². The summed E-state index contributed by atoms with van der Waals surface area (Å²) in [5.41, 5.74) is 7.63. The molecule has 1 atom stereocenters. The van der Waals surface area contributed by atoms with Gasteiger partial charge in [0.2, 0.25) is 5.91 Å². The van der Waals surface area contributed by atoms with Gasteiger partial charge in [0.05, 0.1) is 37.5 Å². The summed E-state index contributed by atoms with van der Waals surface area (Å²) in [5.74, 6) is 1.22. The van der Waals surface area contributed by atoms with Gasteiger partial charge in [0.15, 0.2) is 0 Å². The number of carboxylic acid groups (broad SMARTS) is 1. The minimum atomic E-state index is -0.710. The van der Waals surface area contributed by atoms with Crippen LogP contribution in [0.25, 0.3) is 33.2 Å². The van der Waals surface area contributed by atoms with Gasteiger partial charge in [0.25, 0.3) is 0 Å². The fourth-order valence-electron chi connectivity index (χ4n) is 8.57. The lowest BCUT2D eigenvalue weighted by molar-refractivity contribution is -0.138. The number of piperidine rings is 1. The molecule has 2 heterocycles. The topological polar surface area (TPSA) is 118 Å². The number of carbonyl (C=O) groups is 2. The maximum absolute atomic E-state index is 11.8. The van der Waals surface area contributed by atoms with E-state index in [9.17, 15) is 14.7 Å². The van der Waals surface area contributed by atoms with Crippen LogP contribution in [0, 0.1) is 5.92 Å². The fraction of sp³-hybridized carbons (Fsp3) is 0.400. The molecule has 0 radical (unpaired) electrons. The number of ether oxygens (including phenoxy) is 2. The molecule has 1 aliphatic heterocycles. The molecular weight excluding hydrogens is 761 g/mol. The van der Waals surface area contributed by atoms with E-state index in [1.165, 1.54) is 0 Å². The zero-order valence-electron chi connectivity index (χ0n) is 32.8. The number of benzene rings is 4. The predicted molar refractivity (Wildman–Crippen MR) is 226 cm³/mol. The van der Waals surface area contributed by atoms with E-state index >= 15 is 0 Å². The minimum absolute atomic E-state index is 0.124. The van der Waals surface area contributed by atoms with Crippen molar-refractivity contribution in [3.63, 3.8) is 0 Å². The van der Waals surface area contributed by atoms with Crippen molar-refractivity contribution in [1.29, 1.82) is 0 Å². The van der Waals surface area contributed by atoms with Crippen molar-refractivity contribution in [2.75, 3.05) is 27.8 Å². The van der Waals surface area contributed by atoms with Crippen LogP contribution in [0.1, 0.15) is 68.1 Å². The number of carbonyl (C=O) groups excluding carboxylic acids is 1. The smallest absolute Gasteiger partial charge is 0.303 e. The van der Waals surface area contributed by atoms with Gasteiger partial charge < -0.3 is 25.2 Å². The van der Waals surface area contributed by atoms with E-state index in [0.29, 0.717) is 48.7 Å². The molecule has 300 valence electrons. The number of rotatable bonds is 15. The molecule has 4 aromatic carbocycles. The molecule has 7 rings (SSSR count). The van der Waals surface area contributed by atoms with Gasteiger partial charge in [0, 0.05) is 77.2 Å². The van der Waals surface area contributed by atoms with Crippen LogP contribution < -0.4 is 20.1 Å². The quantitative estimate of drug-likeness (QED) is 0.0960. The Hall–Kier alpha value is -4.61. The molecule has 2 fully saturated rings. The van der Waals surface area contributed by atoms with E-state index in [-0.39, 0.29) is 24.3 Å². The SMILES string of the molecule is COc1cc(-c2cccc(-c3cccc4c3cnn4Cc3cc(OC)c(CN(C)C4CCC(CC(=O)O)CC4)cc3Cl)c2Cl)ccc1CNC[C@@H]1CCCC(=O)N1. The van der Waals surface area contributed by atoms with Crippen LogP contribution in [-0.4, -0.2) is 71.6 Å². The molecule has 0 unspecified atom stereocenters. The number of hydrogen-bond acceptors (Lipinski definition) is 7. The molecule has 12 heteroatoms. The maximum atomic E-state index is 11.8. The molecule has 0 bridgehead atoms. The van der Waals surface area contributed by atoms with Crippen LogP contribution in [0.3, 0.4) is 0 Å². The summed E-state index contributed by atoms with van der Waals surface area (Å²) in [5, 5.41) is 22.8. The Kier molecular flexibility index (Phi) is 13.0. The van der Waals surface area contributed by atoms with Crippen molar-refractivity contribution in [3.05, 3.63) is 99.7 Å². The number of carboxylic acids is 1. The van der Waals surface area contributed by atoms with Crippen molar-refractivity contribution in [2.24, 2.45) is 5.92 Å². The van der Waals surface area contributed by atoms with Crippen LogP contribution in [0.5, 0.6) is 11.5 Å². The van der Waals surface area contributed by atoms with Crippen molar-refractivity contribution < 1.29 is 24.2 Å². The summed E-state index contributed by atoms with van der Waals surface area (Å²) in [6.45, 7) is 2.46. The number of methoxy groups -OCH3 is 2. The van der Waals surface area contributed by atoms with Crippen molar-refractivity contribution in [1.82, 2.24) is 25.3 Å². The first kappa shape index (κ1) is 40.6. The highest BCUT2D eigenvalue weighted by Crippen LogP contribution is 2.41. The summed E-state index contributed by atoms with van der Waals surface area (Å²) in [6.07, 6.45) is 8.49. The summed E-state index contributed by atoms with van der Waals surface area (Å²) in [7, 11) is 5.48. The van der Waals surface area contributed by atoms with Gasteiger partial charge in [-0.3, -0.25) is 19.2 Å². The molecule has 57 heavy (non-hydrogen) atoms. The van der Waals surface area contributed by atoms with Gasteiger partial charge in [-0.1, -0.05) is 65.7 Å². The summed E-state index contributed by atoms with van der Waals surface area (Å²) in [6, 6.07) is 23.0. The van der Waals surface area contributed by atoms with Crippen LogP contribution in [-0.2, 0) is 29.2 Å². The first-order valence-electron chi connectivity index (χ1n) is 19.8. The highest BCUT2D eigenvalue weighted by Gasteiger charge is 2.26. The first-order chi connectivity index (χ1) is 27.6. The highest BCUT2D eigenvalue weighted by molar-refractivity contribution is 6.36. The number of nitrogens with one attached hydrogen (secondary N) is 2. The van der Waals surface area contributed by atoms with Gasteiger partial charge in [-0.2, -0.15) is 5.10 Å². The van der Waals surface area contributed by atoms with E-state index in [4.69, 9.17) is 37.8 Å². The lowest BCUT2D eigenvalue weighted by Gasteiger charge is -2.34.